The normalized spacial score (nSPS) is 5.40. The van der Waals surface area contributed by atoms with E-state index in [4.69, 9.17) is 22.3 Å². The summed E-state index contributed by atoms with van der Waals surface area (Å²) in [6.07, 6.45) is 9.86. The molecule has 208 valence electrons. The van der Waals surface area contributed by atoms with Gasteiger partial charge >= 0.3 is 11.9 Å². The molecular formula is C42H10O4S. The van der Waals surface area contributed by atoms with Crippen LogP contribution in [0.15, 0.2) is 0 Å². The monoisotopic (exact) mass is 610 g/mol. The minimum absolute atomic E-state index is 0.119. The molecule has 0 atom stereocenters. The van der Waals surface area contributed by atoms with Crippen molar-refractivity contribution in [1.29, 1.82) is 0 Å². The summed E-state index contributed by atoms with van der Waals surface area (Å²) in [7, 11) is 0. The number of hydrogen-bond donors (Lipinski definition) is 0. The van der Waals surface area contributed by atoms with Gasteiger partial charge in [0.15, 0.2) is 0 Å². The van der Waals surface area contributed by atoms with Gasteiger partial charge in [0.2, 0.25) is 0 Å². The summed E-state index contributed by atoms with van der Waals surface area (Å²) in [5, 5.41) is 0. The van der Waals surface area contributed by atoms with Crippen LogP contribution in [0.2, 0.25) is 0 Å². The van der Waals surface area contributed by atoms with Crippen LogP contribution < -0.4 is 0 Å². The van der Waals surface area contributed by atoms with Gasteiger partial charge < -0.3 is 9.47 Å². The van der Waals surface area contributed by atoms with E-state index in [0.29, 0.717) is 11.5 Å². The highest BCUT2D eigenvalue weighted by Crippen LogP contribution is 1.99. The van der Waals surface area contributed by atoms with Crippen molar-refractivity contribution in [2.45, 2.75) is 0 Å². The van der Waals surface area contributed by atoms with E-state index in [9.17, 15) is 9.59 Å². The van der Waals surface area contributed by atoms with Gasteiger partial charge in [-0.05, 0) is 189 Å². The first-order valence-electron chi connectivity index (χ1n) is 12.0. The fourth-order valence-electron chi connectivity index (χ4n) is 1.61. The van der Waals surface area contributed by atoms with Gasteiger partial charge in [-0.3, -0.25) is 0 Å². The molecule has 0 amide bonds. The molecule has 4 nitrogen and oxygen atoms in total. The number of rotatable bonds is 6. The van der Waals surface area contributed by atoms with Gasteiger partial charge in [0, 0.05) is 23.3 Å². The second-order valence-corrected chi connectivity index (χ2v) is 7.40. The Kier molecular flexibility index (Phi) is 27.4. The topological polar surface area (TPSA) is 52.6 Å². The summed E-state index contributed by atoms with van der Waals surface area (Å²) < 4.78 is 9.87. The van der Waals surface area contributed by atoms with E-state index in [0.717, 1.165) is 0 Å². The number of carbonyl (C=O) groups is 2. The van der Waals surface area contributed by atoms with Gasteiger partial charge in [-0.25, -0.2) is 9.59 Å². The molecule has 0 fully saturated rings. The van der Waals surface area contributed by atoms with E-state index in [1.807, 2.05) is 0 Å². The van der Waals surface area contributed by atoms with Crippen LogP contribution in [0, 0.1) is 214 Å². The van der Waals surface area contributed by atoms with Crippen LogP contribution in [0.1, 0.15) is 0 Å². The SMILES string of the molecule is C#CC#CC#CC#CC#CC#CC#CC#CC#CC(=O)OCCSCCOC(=O)C#CC#CC#CC#CC#CC#CC#CC#CC#C. The number of hydrogen-bond acceptors (Lipinski definition) is 5. The fraction of sp³-hybridized carbons (Fsp3) is 0.0952. The number of thioether (sulfide) groups is 1. The molecule has 0 aromatic rings. The molecule has 0 radical (unpaired) electrons. The number of carbonyl (C=O) groups excluding carboxylic acids is 2. The smallest absolute Gasteiger partial charge is 0.385 e. The van der Waals surface area contributed by atoms with Gasteiger partial charge in [-0.2, -0.15) is 11.8 Å². The summed E-state index contributed by atoms with van der Waals surface area (Å²) in [6, 6.07) is 0. The molecule has 0 N–H and O–H groups in total. The van der Waals surface area contributed by atoms with Gasteiger partial charge in [0.25, 0.3) is 0 Å². The van der Waals surface area contributed by atoms with Crippen LogP contribution in [-0.2, 0) is 19.1 Å². The van der Waals surface area contributed by atoms with Crippen molar-refractivity contribution in [3.8, 4) is 214 Å². The number of terminal acetylenes is 2. The van der Waals surface area contributed by atoms with Crippen molar-refractivity contribution in [1.82, 2.24) is 0 Å². The lowest BCUT2D eigenvalue weighted by molar-refractivity contribution is -0.136. The van der Waals surface area contributed by atoms with E-state index in [1.165, 1.54) is 11.8 Å². The summed E-state index contributed by atoms with van der Waals surface area (Å²) in [5.74, 6) is 80.7. The predicted octanol–water partition coefficient (Wildman–Crippen LogP) is 0.127. The first kappa shape index (κ1) is 38.4. The Bertz CT molecular complexity index is 2210. The quantitative estimate of drug-likeness (QED) is 0.185. The predicted molar refractivity (Wildman–Crippen MR) is 181 cm³/mol. The largest absolute Gasteiger partial charge is 0.455 e. The maximum atomic E-state index is 11.5. The molecule has 0 saturated carbocycles. The Morgan fingerprint density at radius 1 is 0.362 bits per heavy atom. The second kappa shape index (κ2) is 33.6. The molecule has 0 unspecified atom stereocenters. The molecule has 5 heteroatoms. The van der Waals surface area contributed by atoms with Crippen molar-refractivity contribution < 1.29 is 19.1 Å². The van der Waals surface area contributed by atoms with Crippen LogP contribution in [0.4, 0.5) is 0 Å². The zero-order chi connectivity index (χ0) is 34.1. The molecule has 0 rings (SSSR count). The minimum Gasteiger partial charge on any atom is -0.455 e. The van der Waals surface area contributed by atoms with E-state index in [1.54, 1.807) is 0 Å². The molecule has 0 aliphatic heterocycles. The fourth-order valence-corrected chi connectivity index (χ4v) is 2.22. The van der Waals surface area contributed by atoms with Crippen molar-refractivity contribution in [3.63, 3.8) is 0 Å². The van der Waals surface area contributed by atoms with Gasteiger partial charge in [-0.15, -0.1) is 12.8 Å². The standard InChI is InChI=1S/C42H10O4S/c1-3-5-7-9-11-13-15-17-19-21-23-25-27-29-31-33-35-41(43)45-37-39-47-40-38-46-42(44)36-34-32-30-28-26-24-22-20-18-16-14-12-10-8-6-4-2/h1-2H,37-40H2. The summed E-state index contributed by atoms with van der Waals surface area (Å²) in [4.78, 5) is 23.1. The average molecular weight is 611 g/mol. The molecule has 0 heterocycles. The maximum absolute atomic E-state index is 11.5. The highest BCUT2D eigenvalue weighted by molar-refractivity contribution is 7.99. The van der Waals surface area contributed by atoms with Crippen LogP contribution in [0.3, 0.4) is 0 Å². The van der Waals surface area contributed by atoms with Crippen molar-refractivity contribution in [2.75, 3.05) is 24.7 Å². The van der Waals surface area contributed by atoms with Crippen LogP contribution >= 0.6 is 11.8 Å². The number of esters is 2. The van der Waals surface area contributed by atoms with E-state index < -0.39 is 11.9 Å². The average Bonchev–Trinajstić information content (AvgIpc) is 3.07. The Balaban J connectivity index is 4.17. The lowest BCUT2D eigenvalue weighted by Crippen LogP contribution is -2.07. The molecule has 0 saturated heterocycles. The first-order valence-corrected chi connectivity index (χ1v) is 13.2. The van der Waals surface area contributed by atoms with Crippen LogP contribution in [-0.4, -0.2) is 36.7 Å². The van der Waals surface area contributed by atoms with Crippen LogP contribution in [0.5, 0.6) is 0 Å². The molecular weight excluding hydrogens is 601 g/mol. The van der Waals surface area contributed by atoms with E-state index in [2.05, 4.69) is 201 Å². The molecule has 0 aromatic heterocycles. The zero-order valence-corrected chi connectivity index (χ0v) is 24.8. The Morgan fingerprint density at radius 3 is 0.809 bits per heavy atom. The zero-order valence-electron chi connectivity index (χ0n) is 24.0. The van der Waals surface area contributed by atoms with E-state index in [-0.39, 0.29) is 13.2 Å². The summed E-state index contributed by atoms with van der Waals surface area (Å²) >= 11 is 1.40. The van der Waals surface area contributed by atoms with Crippen LogP contribution in [0.25, 0.3) is 0 Å². The highest BCUT2D eigenvalue weighted by Gasteiger charge is 1.99. The third-order valence-electron chi connectivity index (χ3n) is 3.15. The van der Waals surface area contributed by atoms with Crippen molar-refractivity contribution in [3.05, 3.63) is 0 Å². The Morgan fingerprint density at radius 2 is 0.574 bits per heavy atom. The van der Waals surface area contributed by atoms with Crippen molar-refractivity contribution >= 4 is 23.7 Å². The minimum atomic E-state index is -0.735. The molecule has 0 aliphatic rings. The lowest BCUT2D eigenvalue weighted by atomic mass is 10.5. The molecule has 0 aliphatic carbocycles. The van der Waals surface area contributed by atoms with E-state index >= 15 is 0 Å². The molecule has 0 aromatic carbocycles. The molecule has 0 spiro atoms. The Hall–Kier alpha value is -8.63. The number of ether oxygens (including phenoxy) is 2. The highest BCUT2D eigenvalue weighted by atomic mass is 32.2. The van der Waals surface area contributed by atoms with Crippen molar-refractivity contribution in [2.24, 2.45) is 0 Å². The van der Waals surface area contributed by atoms with Gasteiger partial charge in [-0.1, -0.05) is 0 Å². The van der Waals surface area contributed by atoms with Gasteiger partial charge in [0.05, 0.1) is 0 Å². The maximum Gasteiger partial charge on any atom is 0.385 e. The summed E-state index contributed by atoms with van der Waals surface area (Å²) in [6.45, 7) is 0.238. The third kappa shape index (κ3) is 33.5. The third-order valence-corrected chi connectivity index (χ3v) is 4.06. The van der Waals surface area contributed by atoms with Gasteiger partial charge in [0.1, 0.15) is 13.2 Å². The molecule has 0 bridgehead atoms. The Labute approximate surface area is 280 Å². The lowest BCUT2D eigenvalue weighted by Gasteiger charge is -2.01. The molecule has 47 heavy (non-hydrogen) atoms. The second-order valence-electron chi connectivity index (χ2n) is 6.17. The first-order chi connectivity index (χ1) is 23.2. The summed E-state index contributed by atoms with van der Waals surface area (Å²) in [5.41, 5.74) is 0.